The molecule has 1 aliphatic rings. The van der Waals surface area contributed by atoms with Crippen molar-refractivity contribution in [2.75, 3.05) is 11.9 Å². The summed E-state index contributed by atoms with van der Waals surface area (Å²) in [6, 6.07) is 19.6. The highest BCUT2D eigenvalue weighted by atomic mass is 16.3. The van der Waals surface area contributed by atoms with E-state index >= 15 is 0 Å². The highest BCUT2D eigenvalue weighted by Gasteiger charge is 2.25. The number of rotatable bonds is 5. The lowest BCUT2D eigenvalue weighted by Crippen LogP contribution is -2.18. The van der Waals surface area contributed by atoms with Crippen LogP contribution in [0.4, 0.5) is 11.5 Å². The molecular formula is C27H23N7O2. The minimum absolute atomic E-state index is 0.103. The van der Waals surface area contributed by atoms with Gasteiger partial charge in [-0.1, -0.05) is 42.5 Å². The van der Waals surface area contributed by atoms with Crippen LogP contribution >= 0.6 is 0 Å². The van der Waals surface area contributed by atoms with E-state index in [2.05, 4.69) is 25.0 Å². The predicted molar refractivity (Wildman–Crippen MR) is 138 cm³/mol. The second kappa shape index (κ2) is 8.86. The van der Waals surface area contributed by atoms with Gasteiger partial charge in [-0.3, -0.25) is 14.3 Å². The molecule has 0 fully saturated rings. The third-order valence-electron chi connectivity index (χ3n) is 6.20. The summed E-state index contributed by atoms with van der Waals surface area (Å²) in [6.45, 7) is 2.11. The van der Waals surface area contributed by atoms with Crippen LogP contribution in [0.2, 0.25) is 0 Å². The molecule has 0 saturated carbocycles. The Bertz CT molecular complexity index is 1620. The van der Waals surface area contributed by atoms with Gasteiger partial charge in [-0.05, 0) is 30.7 Å². The molecule has 0 atom stereocenters. The second-order valence-electron chi connectivity index (χ2n) is 8.55. The first-order chi connectivity index (χ1) is 17.6. The molecule has 6 rings (SSSR count). The number of carbonyl (C=O) groups is 1. The number of anilines is 1. The number of nitrogens with one attached hydrogen (secondary N) is 1. The first-order valence-corrected chi connectivity index (χ1v) is 11.7. The van der Waals surface area contributed by atoms with Crippen molar-refractivity contribution in [3.63, 3.8) is 0 Å². The number of nitrogens with zero attached hydrogens (tertiary/aromatic N) is 6. The monoisotopic (exact) mass is 477 g/mol. The van der Waals surface area contributed by atoms with Crippen LogP contribution in [-0.4, -0.2) is 47.6 Å². The molecule has 0 saturated heterocycles. The van der Waals surface area contributed by atoms with E-state index in [4.69, 9.17) is 4.99 Å². The average molecular weight is 478 g/mol. The predicted octanol–water partition coefficient (Wildman–Crippen LogP) is 4.05. The summed E-state index contributed by atoms with van der Waals surface area (Å²) >= 11 is 0. The number of aliphatic imine (C=N–C) groups is 1. The summed E-state index contributed by atoms with van der Waals surface area (Å²) in [5.41, 5.74) is 6.41. The Balaban J connectivity index is 1.44. The summed E-state index contributed by atoms with van der Waals surface area (Å²) in [6.07, 6.45) is 3.64. The number of pyridine rings is 1. The van der Waals surface area contributed by atoms with Crippen LogP contribution in [0.15, 0.2) is 78.0 Å². The minimum Gasteiger partial charge on any atom is -0.394 e. The quantitative estimate of drug-likeness (QED) is 0.397. The zero-order chi connectivity index (χ0) is 24.6. The van der Waals surface area contributed by atoms with E-state index in [1.807, 2.05) is 67.6 Å². The van der Waals surface area contributed by atoms with Crippen molar-refractivity contribution in [3.05, 3.63) is 84.4 Å². The van der Waals surface area contributed by atoms with Gasteiger partial charge in [0.15, 0.2) is 5.82 Å². The van der Waals surface area contributed by atoms with Crippen molar-refractivity contribution in [3.8, 4) is 16.9 Å². The highest BCUT2D eigenvalue weighted by Crippen LogP contribution is 2.39. The Labute approximate surface area is 206 Å². The second-order valence-corrected chi connectivity index (χ2v) is 8.55. The third-order valence-corrected chi connectivity index (χ3v) is 6.20. The maximum atomic E-state index is 12.9. The van der Waals surface area contributed by atoms with Crippen LogP contribution in [0, 0.1) is 6.92 Å². The fraction of sp³-hybridized carbons (Fsp3) is 0.148. The van der Waals surface area contributed by atoms with Crippen LogP contribution in [-0.2, 0) is 11.3 Å². The highest BCUT2D eigenvalue weighted by molar-refractivity contribution is 6.17. The fourth-order valence-electron chi connectivity index (χ4n) is 4.58. The van der Waals surface area contributed by atoms with Crippen LogP contribution in [0.25, 0.3) is 28.0 Å². The Morgan fingerprint density at radius 2 is 1.83 bits per heavy atom. The lowest BCUT2D eigenvalue weighted by molar-refractivity contribution is -0.115. The number of fused-ring (bicyclic) bond motifs is 2. The molecule has 1 aliphatic heterocycles. The number of imidazole rings is 1. The molecule has 2 aromatic carbocycles. The minimum atomic E-state index is -0.181. The number of aliphatic hydroxyl groups excluding tert-OH is 1. The van der Waals surface area contributed by atoms with Crippen molar-refractivity contribution >= 4 is 34.2 Å². The lowest BCUT2D eigenvalue weighted by Gasteiger charge is -2.09. The van der Waals surface area contributed by atoms with E-state index in [1.165, 1.54) is 0 Å². The van der Waals surface area contributed by atoms with E-state index in [9.17, 15) is 9.90 Å². The summed E-state index contributed by atoms with van der Waals surface area (Å²) in [5, 5.41) is 17.1. The topological polar surface area (TPSA) is 110 Å². The van der Waals surface area contributed by atoms with Crippen molar-refractivity contribution in [2.24, 2.45) is 4.99 Å². The van der Waals surface area contributed by atoms with Crippen LogP contribution in [0.1, 0.15) is 17.8 Å². The van der Waals surface area contributed by atoms with Crippen molar-refractivity contribution < 1.29 is 9.90 Å². The molecule has 1 amide bonds. The molecule has 9 heteroatoms. The van der Waals surface area contributed by atoms with E-state index in [-0.39, 0.29) is 25.5 Å². The molecule has 178 valence electrons. The molecule has 36 heavy (non-hydrogen) atoms. The summed E-state index contributed by atoms with van der Waals surface area (Å²) < 4.78 is 3.68. The van der Waals surface area contributed by atoms with Crippen LogP contribution in [0.3, 0.4) is 0 Å². The zero-order valence-electron chi connectivity index (χ0n) is 19.6. The Hall–Kier alpha value is -4.63. The largest absolute Gasteiger partial charge is 0.394 e. The smallest absolute Gasteiger partial charge is 0.231 e. The van der Waals surface area contributed by atoms with Gasteiger partial charge in [0.2, 0.25) is 5.91 Å². The van der Waals surface area contributed by atoms with Crippen molar-refractivity contribution in [1.29, 1.82) is 0 Å². The Kier molecular flexibility index (Phi) is 5.38. The number of carbonyl (C=O) groups excluding carboxylic acids is 1. The number of aromatic nitrogens is 5. The summed E-state index contributed by atoms with van der Waals surface area (Å²) in [4.78, 5) is 26.6. The molecule has 2 N–H and O–H groups in total. The number of benzene rings is 2. The maximum absolute atomic E-state index is 12.9. The van der Waals surface area contributed by atoms with Gasteiger partial charge in [-0.15, -0.1) is 0 Å². The number of hydrogen-bond donors (Lipinski definition) is 2. The molecule has 0 unspecified atom stereocenters. The molecule has 0 spiro atoms. The molecule has 5 aromatic rings. The molecule has 9 nitrogen and oxygen atoms in total. The van der Waals surface area contributed by atoms with Crippen LogP contribution < -0.4 is 5.32 Å². The zero-order valence-corrected chi connectivity index (χ0v) is 19.6. The molecule has 0 bridgehead atoms. The van der Waals surface area contributed by atoms with Gasteiger partial charge >= 0.3 is 0 Å². The van der Waals surface area contributed by atoms with Gasteiger partial charge in [0, 0.05) is 17.4 Å². The van der Waals surface area contributed by atoms with Gasteiger partial charge in [-0.25, -0.2) is 14.7 Å². The van der Waals surface area contributed by atoms with Gasteiger partial charge in [0.1, 0.15) is 22.7 Å². The van der Waals surface area contributed by atoms with Crippen molar-refractivity contribution in [1.82, 2.24) is 24.3 Å². The molecule has 4 heterocycles. The van der Waals surface area contributed by atoms with E-state index in [1.54, 1.807) is 17.1 Å². The van der Waals surface area contributed by atoms with Crippen molar-refractivity contribution in [2.45, 2.75) is 19.9 Å². The number of hydrogen-bond acceptors (Lipinski definition) is 6. The standard InChI is InChI=1S/C27H23N7O2/c1-17-29-22-16-28-12-11-23(22)34(17)20-9-7-18(8-10-20)21-15-24(36)31-27-26(30-21)25(32-33(27)13-14-35)19-5-3-2-4-6-19/h2-12,16,35H,13-15H2,1H3,(H,31,36). The van der Waals surface area contributed by atoms with E-state index < -0.39 is 0 Å². The van der Waals surface area contributed by atoms with Gasteiger partial charge in [-0.2, -0.15) is 5.10 Å². The van der Waals surface area contributed by atoms with Gasteiger partial charge in [0.25, 0.3) is 0 Å². The Morgan fingerprint density at radius 1 is 1.03 bits per heavy atom. The van der Waals surface area contributed by atoms with E-state index in [0.717, 1.165) is 33.7 Å². The normalized spacial score (nSPS) is 13.3. The molecule has 0 aliphatic carbocycles. The number of amides is 1. The lowest BCUT2D eigenvalue weighted by atomic mass is 10.1. The van der Waals surface area contributed by atoms with E-state index in [0.29, 0.717) is 22.9 Å². The van der Waals surface area contributed by atoms with Gasteiger partial charge in [0.05, 0.1) is 37.0 Å². The summed E-state index contributed by atoms with van der Waals surface area (Å²) in [7, 11) is 0. The average Bonchev–Trinajstić information content (AvgIpc) is 3.34. The number of aliphatic hydroxyl groups is 1. The maximum Gasteiger partial charge on any atom is 0.231 e. The first kappa shape index (κ1) is 21.9. The molecular weight excluding hydrogens is 454 g/mol. The first-order valence-electron chi connectivity index (χ1n) is 11.7. The number of aryl methyl sites for hydroxylation is 1. The molecule has 0 radical (unpaired) electrons. The Morgan fingerprint density at radius 3 is 2.61 bits per heavy atom. The fourth-order valence-corrected chi connectivity index (χ4v) is 4.58. The third kappa shape index (κ3) is 3.75. The summed E-state index contributed by atoms with van der Waals surface area (Å²) in [5.74, 6) is 1.18. The van der Waals surface area contributed by atoms with Crippen LogP contribution in [0.5, 0.6) is 0 Å². The molecule has 3 aromatic heterocycles. The SMILES string of the molecule is Cc1nc2cnccc2n1-c1ccc(C2=Nc3c(-c4ccccc4)nn(CCO)c3NC(=O)C2)cc1. The van der Waals surface area contributed by atoms with Gasteiger partial charge < -0.3 is 10.4 Å².